The fourth-order valence-electron chi connectivity index (χ4n) is 2.08. The number of halogens is 3. The number of unbranched alkanes of at least 4 members (excludes halogenated alkanes) is 1. The van der Waals surface area contributed by atoms with Crippen LogP contribution in [0.15, 0.2) is 29.6 Å². The molecule has 0 unspecified atom stereocenters. The van der Waals surface area contributed by atoms with Crippen molar-refractivity contribution < 1.29 is 32.2 Å². The number of nitrogens with zero attached hydrogens (tertiary/aromatic N) is 1. The first-order valence-electron chi connectivity index (χ1n) is 8.74. The minimum absolute atomic E-state index is 0.132. The van der Waals surface area contributed by atoms with Crippen LogP contribution in [-0.2, 0) is 11.3 Å². The van der Waals surface area contributed by atoms with E-state index in [1.165, 1.54) is 23.5 Å². The van der Waals surface area contributed by atoms with E-state index >= 15 is 0 Å². The lowest BCUT2D eigenvalue weighted by atomic mass is 10.3. The molecular weight excluding hydrogens is 411 g/mol. The highest BCUT2D eigenvalue weighted by atomic mass is 32.1. The molecule has 2 aromatic rings. The molecule has 0 saturated heterocycles. The first kappa shape index (κ1) is 22.5. The van der Waals surface area contributed by atoms with Crippen LogP contribution in [0, 0.1) is 0 Å². The predicted molar refractivity (Wildman–Crippen MR) is 99.8 cm³/mol. The molecule has 1 aromatic heterocycles. The molecule has 0 aliphatic carbocycles. The number of carbonyl (C=O) groups is 2. The molecule has 7 nitrogen and oxygen atoms in total. The van der Waals surface area contributed by atoms with Gasteiger partial charge >= 0.3 is 6.36 Å². The summed E-state index contributed by atoms with van der Waals surface area (Å²) >= 11 is 1.25. The zero-order valence-corrected chi connectivity index (χ0v) is 16.4. The van der Waals surface area contributed by atoms with Crippen molar-refractivity contribution in [3.8, 4) is 11.5 Å². The van der Waals surface area contributed by atoms with Gasteiger partial charge in [-0.3, -0.25) is 9.59 Å². The highest BCUT2D eigenvalue weighted by Gasteiger charge is 2.30. The second-order valence-corrected chi connectivity index (χ2v) is 6.76. The monoisotopic (exact) mass is 431 g/mol. The van der Waals surface area contributed by atoms with Gasteiger partial charge in [-0.15, -0.1) is 24.5 Å². The predicted octanol–water partition coefficient (Wildman–Crippen LogP) is 3.27. The summed E-state index contributed by atoms with van der Waals surface area (Å²) in [5.74, 6) is -0.860. The van der Waals surface area contributed by atoms with Gasteiger partial charge in [0.15, 0.2) is 6.61 Å². The van der Waals surface area contributed by atoms with E-state index in [9.17, 15) is 22.8 Å². The summed E-state index contributed by atoms with van der Waals surface area (Å²) in [7, 11) is 0. The third-order valence-corrected chi connectivity index (χ3v) is 4.31. The summed E-state index contributed by atoms with van der Waals surface area (Å²) in [6, 6.07) is 4.70. The molecule has 29 heavy (non-hydrogen) atoms. The number of rotatable bonds is 10. The average Bonchev–Trinajstić information content (AvgIpc) is 3.14. The van der Waals surface area contributed by atoms with Gasteiger partial charge in [0.2, 0.25) is 0 Å². The molecule has 0 aliphatic rings. The number of carbonyl (C=O) groups excluding carboxylic acids is 2. The van der Waals surface area contributed by atoms with Gasteiger partial charge in [-0.25, -0.2) is 4.98 Å². The van der Waals surface area contributed by atoms with E-state index in [1.54, 1.807) is 5.38 Å². The molecule has 1 aromatic carbocycles. The fraction of sp³-hybridized carbons (Fsp3) is 0.389. The van der Waals surface area contributed by atoms with Crippen molar-refractivity contribution in [1.29, 1.82) is 0 Å². The molecule has 1 heterocycles. The number of aromatic nitrogens is 1. The lowest BCUT2D eigenvalue weighted by Gasteiger charge is -2.10. The van der Waals surface area contributed by atoms with Gasteiger partial charge in [0.05, 0.1) is 6.54 Å². The molecule has 2 rings (SSSR count). The summed E-state index contributed by atoms with van der Waals surface area (Å²) in [5, 5.41) is 7.53. The molecule has 158 valence electrons. The van der Waals surface area contributed by atoms with Crippen molar-refractivity contribution in [2.45, 2.75) is 32.7 Å². The smallest absolute Gasteiger partial charge is 0.484 e. The van der Waals surface area contributed by atoms with Gasteiger partial charge in [-0.2, -0.15) is 0 Å². The summed E-state index contributed by atoms with van der Waals surface area (Å²) in [5.41, 5.74) is 0.299. The SMILES string of the molecule is CCCCNC(=O)c1csc(CNC(=O)COc2ccc(OC(F)(F)F)cc2)n1. The first-order valence-corrected chi connectivity index (χ1v) is 9.62. The van der Waals surface area contributed by atoms with Gasteiger partial charge in [0, 0.05) is 11.9 Å². The first-order chi connectivity index (χ1) is 13.8. The van der Waals surface area contributed by atoms with Crippen LogP contribution in [0.2, 0.25) is 0 Å². The van der Waals surface area contributed by atoms with Crippen molar-refractivity contribution >= 4 is 23.2 Å². The summed E-state index contributed by atoms with van der Waals surface area (Å²) in [4.78, 5) is 27.9. The molecule has 0 saturated carbocycles. The Balaban J connectivity index is 1.73. The van der Waals surface area contributed by atoms with E-state index < -0.39 is 12.3 Å². The highest BCUT2D eigenvalue weighted by molar-refractivity contribution is 7.09. The number of ether oxygens (including phenoxy) is 2. The maximum Gasteiger partial charge on any atom is 0.573 e. The Bertz CT molecular complexity index is 809. The molecule has 11 heteroatoms. The van der Waals surface area contributed by atoms with E-state index in [0.717, 1.165) is 25.0 Å². The molecule has 0 radical (unpaired) electrons. The van der Waals surface area contributed by atoms with Crippen LogP contribution in [0.4, 0.5) is 13.2 Å². The Hall–Kier alpha value is -2.82. The minimum atomic E-state index is -4.77. The normalized spacial score (nSPS) is 11.0. The van der Waals surface area contributed by atoms with Crippen molar-refractivity contribution in [1.82, 2.24) is 15.6 Å². The van der Waals surface area contributed by atoms with Crippen LogP contribution in [-0.4, -0.2) is 36.3 Å². The largest absolute Gasteiger partial charge is 0.573 e. The van der Waals surface area contributed by atoms with Crippen LogP contribution in [0.1, 0.15) is 35.3 Å². The number of hydrogen-bond acceptors (Lipinski definition) is 6. The third kappa shape index (κ3) is 8.38. The van der Waals surface area contributed by atoms with Crippen LogP contribution in [0.3, 0.4) is 0 Å². The average molecular weight is 431 g/mol. The molecule has 0 spiro atoms. The summed E-state index contributed by atoms with van der Waals surface area (Å²) in [6.45, 7) is 2.42. The Morgan fingerprint density at radius 2 is 1.83 bits per heavy atom. The van der Waals surface area contributed by atoms with E-state index in [4.69, 9.17) is 4.74 Å². The van der Waals surface area contributed by atoms with E-state index in [0.29, 0.717) is 17.2 Å². The number of benzene rings is 1. The number of nitrogens with one attached hydrogen (secondary N) is 2. The van der Waals surface area contributed by atoms with Gasteiger partial charge in [0.25, 0.3) is 11.8 Å². The molecule has 0 fully saturated rings. The lowest BCUT2D eigenvalue weighted by Crippen LogP contribution is -2.28. The zero-order valence-electron chi connectivity index (χ0n) is 15.5. The number of hydrogen-bond donors (Lipinski definition) is 2. The number of amides is 2. The quantitative estimate of drug-likeness (QED) is 0.564. The van der Waals surface area contributed by atoms with E-state index in [2.05, 4.69) is 20.4 Å². The van der Waals surface area contributed by atoms with Crippen LogP contribution >= 0.6 is 11.3 Å². The van der Waals surface area contributed by atoms with Crippen molar-refractivity contribution in [3.63, 3.8) is 0 Å². The molecular formula is C18H20F3N3O4S. The molecule has 2 N–H and O–H groups in total. The standard InChI is InChI=1S/C18H20F3N3O4S/c1-2-3-8-22-17(26)14-11-29-16(24-14)9-23-15(25)10-27-12-4-6-13(7-5-12)28-18(19,20)21/h4-7,11H,2-3,8-10H2,1H3,(H,22,26)(H,23,25). The van der Waals surface area contributed by atoms with E-state index in [1.807, 2.05) is 6.92 Å². The van der Waals surface area contributed by atoms with Gasteiger partial charge in [-0.1, -0.05) is 13.3 Å². The highest BCUT2D eigenvalue weighted by Crippen LogP contribution is 2.24. The second kappa shape index (κ2) is 10.6. The Morgan fingerprint density at radius 1 is 1.14 bits per heavy atom. The van der Waals surface area contributed by atoms with E-state index in [-0.39, 0.29) is 30.6 Å². The summed E-state index contributed by atoms with van der Waals surface area (Å²) in [6.07, 6.45) is -2.91. The molecule has 0 atom stereocenters. The third-order valence-electron chi connectivity index (χ3n) is 3.46. The number of thiazole rings is 1. The van der Waals surface area contributed by atoms with Gasteiger partial charge in [-0.05, 0) is 30.7 Å². The fourth-order valence-corrected chi connectivity index (χ4v) is 2.79. The van der Waals surface area contributed by atoms with Crippen molar-refractivity contribution in [2.75, 3.05) is 13.2 Å². The van der Waals surface area contributed by atoms with Crippen molar-refractivity contribution in [2.24, 2.45) is 0 Å². The minimum Gasteiger partial charge on any atom is -0.484 e. The maximum absolute atomic E-state index is 12.1. The Labute approximate surface area is 169 Å². The van der Waals surface area contributed by atoms with Crippen LogP contribution < -0.4 is 20.1 Å². The molecule has 0 bridgehead atoms. The topological polar surface area (TPSA) is 89.6 Å². The van der Waals surface area contributed by atoms with Crippen LogP contribution in [0.25, 0.3) is 0 Å². The second-order valence-electron chi connectivity index (χ2n) is 5.82. The molecule has 0 aliphatic heterocycles. The van der Waals surface area contributed by atoms with Gasteiger partial charge < -0.3 is 20.1 Å². The Kier molecular flexibility index (Phi) is 8.25. The summed E-state index contributed by atoms with van der Waals surface area (Å²) < 4.78 is 45.3. The lowest BCUT2D eigenvalue weighted by molar-refractivity contribution is -0.274. The van der Waals surface area contributed by atoms with Gasteiger partial charge in [0.1, 0.15) is 22.2 Å². The van der Waals surface area contributed by atoms with Crippen molar-refractivity contribution in [3.05, 3.63) is 40.3 Å². The molecule has 2 amide bonds. The number of alkyl halides is 3. The van der Waals surface area contributed by atoms with Crippen LogP contribution in [0.5, 0.6) is 11.5 Å². The maximum atomic E-state index is 12.1. The Morgan fingerprint density at radius 3 is 2.48 bits per heavy atom. The zero-order chi connectivity index (χ0) is 21.3.